The SMILES string of the molecule is Cc1cccc(OCC(O)CNCCCN(C)C)c1. The third-order valence-corrected chi connectivity index (χ3v) is 2.77. The Balaban J connectivity index is 2.09. The Morgan fingerprint density at radius 2 is 2.16 bits per heavy atom. The Bertz CT molecular complexity index is 356. The molecule has 0 fully saturated rings. The van der Waals surface area contributed by atoms with Gasteiger partial charge >= 0.3 is 0 Å². The molecule has 1 unspecified atom stereocenters. The Kier molecular flexibility index (Phi) is 7.48. The Morgan fingerprint density at radius 1 is 1.37 bits per heavy atom. The van der Waals surface area contributed by atoms with Crippen molar-refractivity contribution >= 4 is 0 Å². The zero-order valence-electron chi connectivity index (χ0n) is 12.2. The summed E-state index contributed by atoms with van der Waals surface area (Å²) in [4.78, 5) is 2.15. The van der Waals surface area contributed by atoms with Crippen LogP contribution in [0.5, 0.6) is 5.75 Å². The first-order chi connectivity index (χ1) is 9.08. The van der Waals surface area contributed by atoms with Gasteiger partial charge in [0.25, 0.3) is 0 Å². The van der Waals surface area contributed by atoms with E-state index in [4.69, 9.17) is 4.74 Å². The molecule has 1 rings (SSSR count). The van der Waals surface area contributed by atoms with Crippen LogP contribution in [0.4, 0.5) is 0 Å². The summed E-state index contributed by atoms with van der Waals surface area (Å²) in [6.45, 7) is 4.89. The Hall–Kier alpha value is -1.10. The number of hydrogen-bond acceptors (Lipinski definition) is 4. The third-order valence-electron chi connectivity index (χ3n) is 2.77. The molecule has 0 saturated carbocycles. The summed E-state index contributed by atoms with van der Waals surface area (Å²) < 4.78 is 5.55. The number of hydrogen-bond donors (Lipinski definition) is 2. The van der Waals surface area contributed by atoms with Crippen molar-refractivity contribution in [2.75, 3.05) is 40.3 Å². The summed E-state index contributed by atoms with van der Waals surface area (Å²) in [6.07, 6.45) is 0.609. The van der Waals surface area contributed by atoms with Crippen LogP contribution in [0.15, 0.2) is 24.3 Å². The summed E-state index contributed by atoms with van der Waals surface area (Å²) in [5.74, 6) is 0.812. The molecule has 2 N–H and O–H groups in total. The van der Waals surface area contributed by atoms with Crippen LogP contribution in [0.2, 0.25) is 0 Å². The van der Waals surface area contributed by atoms with E-state index >= 15 is 0 Å². The lowest BCUT2D eigenvalue weighted by Crippen LogP contribution is -2.32. The summed E-state index contributed by atoms with van der Waals surface area (Å²) in [6, 6.07) is 7.85. The van der Waals surface area contributed by atoms with Gasteiger partial charge in [0.1, 0.15) is 18.5 Å². The maximum absolute atomic E-state index is 9.79. The summed E-state index contributed by atoms with van der Waals surface area (Å²) in [5, 5.41) is 13.0. The molecule has 108 valence electrons. The number of ether oxygens (including phenoxy) is 1. The molecular weight excluding hydrogens is 240 g/mol. The van der Waals surface area contributed by atoms with Crippen LogP contribution in [0, 0.1) is 6.92 Å². The van der Waals surface area contributed by atoms with E-state index in [1.807, 2.05) is 31.2 Å². The van der Waals surface area contributed by atoms with Crippen molar-refractivity contribution in [2.45, 2.75) is 19.4 Å². The monoisotopic (exact) mass is 266 g/mol. The van der Waals surface area contributed by atoms with Crippen LogP contribution in [-0.2, 0) is 0 Å². The second kappa shape index (κ2) is 8.91. The van der Waals surface area contributed by atoms with Gasteiger partial charge in [-0.2, -0.15) is 0 Å². The maximum atomic E-state index is 9.79. The fourth-order valence-corrected chi connectivity index (χ4v) is 1.75. The van der Waals surface area contributed by atoms with Gasteiger partial charge in [-0.05, 0) is 58.2 Å². The third kappa shape index (κ3) is 7.82. The topological polar surface area (TPSA) is 44.7 Å². The predicted octanol–water partition coefficient (Wildman–Crippen LogP) is 1.28. The highest BCUT2D eigenvalue weighted by Gasteiger charge is 2.04. The number of aryl methyl sites for hydroxylation is 1. The van der Waals surface area contributed by atoms with E-state index < -0.39 is 6.10 Å². The zero-order chi connectivity index (χ0) is 14.1. The largest absolute Gasteiger partial charge is 0.491 e. The molecule has 0 radical (unpaired) electrons. The normalized spacial score (nSPS) is 12.7. The van der Waals surface area contributed by atoms with Gasteiger partial charge in [0, 0.05) is 6.54 Å². The molecule has 0 amide bonds. The maximum Gasteiger partial charge on any atom is 0.119 e. The lowest BCUT2D eigenvalue weighted by Gasteiger charge is -2.14. The van der Waals surface area contributed by atoms with Gasteiger partial charge in [0.05, 0.1) is 0 Å². The minimum atomic E-state index is -0.472. The number of nitrogens with zero attached hydrogens (tertiary/aromatic N) is 1. The summed E-state index contributed by atoms with van der Waals surface area (Å²) >= 11 is 0. The number of aliphatic hydroxyl groups is 1. The van der Waals surface area contributed by atoms with E-state index in [2.05, 4.69) is 24.3 Å². The van der Waals surface area contributed by atoms with Crippen molar-refractivity contribution < 1.29 is 9.84 Å². The lowest BCUT2D eigenvalue weighted by atomic mass is 10.2. The molecule has 1 atom stereocenters. The molecule has 0 aromatic heterocycles. The molecule has 0 aliphatic heterocycles. The first kappa shape index (κ1) is 16.0. The fourth-order valence-electron chi connectivity index (χ4n) is 1.75. The quantitative estimate of drug-likeness (QED) is 0.661. The van der Waals surface area contributed by atoms with E-state index in [1.54, 1.807) is 0 Å². The fraction of sp³-hybridized carbons (Fsp3) is 0.600. The van der Waals surface area contributed by atoms with Gasteiger partial charge < -0.3 is 20.1 Å². The first-order valence-electron chi connectivity index (χ1n) is 6.81. The van der Waals surface area contributed by atoms with E-state index in [0.717, 1.165) is 30.8 Å². The van der Waals surface area contributed by atoms with E-state index in [0.29, 0.717) is 13.2 Å². The Morgan fingerprint density at radius 3 is 2.84 bits per heavy atom. The van der Waals surface area contributed by atoms with Gasteiger partial charge in [-0.3, -0.25) is 0 Å². The van der Waals surface area contributed by atoms with Gasteiger partial charge in [-0.1, -0.05) is 12.1 Å². The molecule has 0 aliphatic carbocycles. The van der Waals surface area contributed by atoms with Crippen LogP contribution >= 0.6 is 0 Å². The first-order valence-corrected chi connectivity index (χ1v) is 6.81. The molecule has 0 bridgehead atoms. The van der Waals surface area contributed by atoms with Crippen LogP contribution in [0.3, 0.4) is 0 Å². The highest BCUT2D eigenvalue weighted by atomic mass is 16.5. The zero-order valence-corrected chi connectivity index (χ0v) is 12.2. The summed E-state index contributed by atoms with van der Waals surface area (Å²) in [7, 11) is 4.12. The van der Waals surface area contributed by atoms with Crippen LogP contribution in [0.25, 0.3) is 0 Å². The molecule has 0 heterocycles. The van der Waals surface area contributed by atoms with Crippen LogP contribution in [-0.4, -0.2) is 56.4 Å². The smallest absolute Gasteiger partial charge is 0.119 e. The second-order valence-electron chi connectivity index (χ2n) is 5.14. The van der Waals surface area contributed by atoms with Crippen LogP contribution < -0.4 is 10.1 Å². The van der Waals surface area contributed by atoms with Crippen molar-refractivity contribution in [1.82, 2.24) is 10.2 Å². The molecule has 19 heavy (non-hydrogen) atoms. The van der Waals surface area contributed by atoms with Gasteiger partial charge in [0.2, 0.25) is 0 Å². The van der Waals surface area contributed by atoms with E-state index in [-0.39, 0.29) is 0 Å². The number of rotatable bonds is 9. The number of nitrogens with one attached hydrogen (secondary N) is 1. The average Bonchev–Trinajstić information content (AvgIpc) is 2.35. The molecule has 4 nitrogen and oxygen atoms in total. The Labute approximate surface area is 116 Å². The minimum Gasteiger partial charge on any atom is -0.491 e. The molecule has 0 saturated heterocycles. The predicted molar refractivity (Wildman–Crippen MR) is 78.7 cm³/mol. The van der Waals surface area contributed by atoms with Crippen molar-refractivity contribution in [2.24, 2.45) is 0 Å². The van der Waals surface area contributed by atoms with Gasteiger partial charge in [0.15, 0.2) is 0 Å². The average molecular weight is 266 g/mol. The standard InChI is InChI=1S/C15H26N2O2/c1-13-6-4-7-15(10-13)19-12-14(18)11-16-8-5-9-17(2)3/h4,6-7,10,14,16,18H,5,8-9,11-12H2,1-3H3. The molecular formula is C15H26N2O2. The van der Waals surface area contributed by atoms with Crippen molar-refractivity contribution in [1.29, 1.82) is 0 Å². The van der Waals surface area contributed by atoms with E-state index in [9.17, 15) is 5.11 Å². The van der Waals surface area contributed by atoms with Crippen molar-refractivity contribution in [3.05, 3.63) is 29.8 Å². The van der Waals surface area contributed by atoms with Crippen molar-refractivity contribution in [3.8, 4) is 5.75 Å². The van der Waals surface area contributed by atoms with Gasteiger partial charge in [-0.25, -0.2) is 0 Å². The van der Waals surface area contributed by atoms with Gasteiger partial charge in [-0.15, -0.1) is 0 Å². The lowest BCUT2D eigenvalue weighted by molar-refractivity contribution is 0.106. The number of benzene rings is 1. The van der Waals surface area contributed by atoms with Crippen molar-refractivity contribution in [3.63, 3.8) is 0 Å². The second-order valence-corrected chi connectivity index (χ2v) is 5.14. The molecule has 1 aromatic carbocycles. The molecule has 1 aromatic rings. The van der Waals surface area contributed by atoms with Crippen LogP contribution in [0.1, 0.15) is 12.0 Å². The number of aliphatic hydroxyl groups excluding tert-OH is 1. The molecule has 0 aliphatic rings. The van der Waals surface area contributed by atoms with E-state index in [1.165, 1.54) is 0 Å². The highest BCUT2D eigenvalue weighted by Crippen LogP contribution is 2.12. The summed E-state index contributed by atoms with van der Waals surface area (Å²) in [5.41, 5.74) is 1.16. The molecule has 0 spiro atoms. The molecule has 4 heteroatoms. The highest BCUT2D eigenvalue weighted by molar-refractivity contribution is 5.27. The minimum absolute atomic E-state index is 0.324.